The van der Waals surface area contributed by atoms with Gasteiger partial charge in [0, 0.05) is 64.0 Å². The zero-order valence-corrected chi connectivity index (χ0v) is 14.8. The van der Waals surface area contributed by atoms with Crippen molar-refractivity contribution in [3.05, 3.63) is 30.3 Å². The summed E-state index contributed by atoms with van der Waals surface area (Å²) < 4.78 is 0. The van der Waals surface area contributed by atoms with Crippen molar-refractivity contribution < 1.29 is 4.79 Å². The topological polar surface area (TPSA) is 38.8 Å². The highest BCUT2D eigenvalue weighted by molar-refractivity contribution is 5.76. The van der Waals surface area contributed by atoms with E-state index in [4.69, 9.17) is 0 Å². The Kier molecular flexibility index (Phi) is 6.10. The van der Waals surface area contributed by atoms with Crippen molar-refractivity contribution in [1.82, 2.24) is 15.1 Å². The van der Waals surface area contributed by atoms with Crippen LogP contribution in [-0.2, 0) is 4.79 Å². The van der Waals surface area contributed by atoms with Gasteiger partial charge in [0.2, 0.25) is 5.91 Å². The Morgan fingerprint density at radius 3 is 2.71 bits per heavy atom. The molecule has 24 heavy (non-hydrogen) atoms. The van der Waals surface area contributed by atoms with Gasteiger partial charge in [-0.3, -0.25) is 4.79 Å². The van der Waals surface area contributed by atoms with Crippen molar-refractivity contribution in [2.75, 3.05) is 57.8 Å². The monoisotopic (exact) mass is 330 g/mol. The average Bonchev–Trinajstić information content (AvgIpc) is 2.67. The molecule has 2 heterocycles. The largest absolute Gasteiger partial charge is 0.370 e. The molecule has 1 amide bonds. The molecule has 5 nitrogen and oxygen atoms in total. The fourth-order valence-electron chi connectivity index (χ4n) is 3.71. The van der Waals surface area contributed by atoms with Crippen molar-refractivity contribution in [2.45, 2.75) is 25.3 Å². The first kappa shape index (κ1) is 17.2. The van der Waals surface area contributed by atoms with E-state index >= 15 is 0 Å². The van der Waals surface area contributed by atoms with Gasteiger partial charge < -0.3 is 20.0 Å². The van der Waals surface area contributed by atoms with Crippen LogP contribution in [0.5, 0.6) is 0 Å². The average molecular weight is 330 g/mol. The maximum Gasteiger partial charge on any atom is 0.223 e. The summed E-state index contributed by atoms with van der Waals surface area (Å²) >= 11 is 0. The number of nitrogens with zero attached hydrogens (tertiary/aromatic N) is 3. The molecule has 2 aliphatic heterocycles. The third-order valence-electron chi connectivity index (χ3n) is 5.29. The van der Waals surface area contributed by atoms with Gasteiger partial charge in [0.1, 0.15) is 0 Å². The molecule has 5 heteroatoms. The summed E-state index contributed by atoms with van der Waals surface area (Å²) in [6, 6.07) is 11.2. The Hall–Kier alpha value is -1.59. The normalized spacial score (nSPS) is 22.0. The molecule has 0 bridgehead atoms. The smallest absolute Gasteiger partial charge is 0.223 e. The number of carbonyl (C=O) groups is 1. The van der Waals surface area contributed by atoms with Crippen LogP contribution in [0.1, 0.15) is 19.3 Å². The van der Waals surface area contributed by atoms with E-state index in [9.17, 15) is 4.79 Å². The van der Waals surface area contributed by atoms with Gasteiger partial charge in [0.25, 0.3) is 0 Å². The minimum absolute atomic E-state index is 0.305. The number of carbonyl (C=O) groups excluding carboxylic acids is 1. The minimum Gasteiger partial charge on any atom is -0.370 e. The van der Waals surface area contributed by atoms with Gasteiger partial charge in [-0.1, -0.05) is 18.2 Å². The number of anilines is 1. The maximum atomic E-state index is 12.3. The van der Waals surface area contributed by atoms with Crippen LogP contribution in [0.4, 0.5) is 5.69 Å². The first-order valence-electron chi connectivity index (χ1n) is 9.23. The van der Waals surface area contributed by atoms with E-state index < -0.39 is 0 Å². The molecule has 1 N–H and O–H groups in total. The van der Waals surface area contributed by atoms with Crippen molar-refractivity contribution in [3.8, 4) is 0 Å². The van der Waals surface area contributed by atoms with Crippen molar-refractivity contribution in [2.24, 2.45) is 0 Å². The number of amides is 1. The molecule has 0 saturated carbocycles. The Bertz CT molecular complexity index is 515. The molecule has 132 valence electrons. The molecule has 1 aromatic carbocycles. The molecule has 0 aromatic heterocycles. The van der Waals surface area contributed by atoms with Gasteiger partial charge in [-0.2, -0.15) is 0 Å². The summed E-state index contributed by atoms with van der Waals surface area (Å²) in [5.41, 5.74) is 1.31. The highest BCUT2D eigenvalue weighted by Gasteiger charge is 2.24. The van der Waals surface area contributed by atoms with Gasteiger partial charge in [0.05, 0.1) is 0 Å². The zero-order chi connectivity index (χ0) is 16.8. The Morgan fingerprint density at radius 1 is 1.21 bits per heavy atom. The predicted molar refractivity (Wildman–Crippen MR) is 98.4 cm³/mol. The number of benzene rings is 1. The summed E-state index contributed by atoms with van der Waals surface area (Å²) in [7, 11) is 2.17. The lowest BCUT2D eigenvalue weighted by molar-refractivity contribution is -0.132. The Labute approximate surface area is 145 Å². The number of piperazine rings is 1. The van der Waals surface area contributed by atoms with Gasteiger partial charge >= 0.3 is 0 Å². The second kappa shape index (κ2) is 8.49. The van der Waals surface area contributed by atoms with E-state index in [1.807, 2.05) is 4.90 Å². The van der Waals surface area contributed by atoms with E-state index in [1.165, 1.54) is 18.5 Å². The zero-order valence-electron chi connectivity index (χ0n) is 14.8. The van der Waals surface area contributed by atoms with Crippen molar-refractivity contribution in [1.29, 1.82) is 0 Å². The lowest BCUT2D eigenvalue weighted by Crippen LogP contribution is -2.49. The second-order valence-electron chi connectivity index (χ2n) is 6.94. The van der Waals surface area contributed by atoms with Gasteiger partial charge in [-0.05, 0) is 32.0 Å². The van der Waals surface area contributed by atoms with E-state index in [2.05, 4.69) is 52.5 Å². The standard InChI is InChI=1S/C19H30N4O/c1-21(13-9-19(24)22-14-10-20-11-15-22)18-8-5-12-23(16-18)17-6-3-2-4-7-17/h2-4,6-7,18,20H,5,8-16H2,1H3. The lowest BCUT2D eigenvalue weighted by atomic mass is 10.0. The van der Waals surface area contributed by atoms with E-state index in [0.29, 0.717) is 18.4 Å². The molecule has 2 saturated heterocycles. The summed E-state index contributed by atoms with van der Waals surface area (Å²) in [6.45, 7) is 6.61. The van der Waals surface area contributed by atoms with Gasteiger partial charge in [-0.25, -0.2) is 0 Å². The summed E-state index contributed by atoms with van der Waals surface area (Å²) in [5.74, 6) is 0.305. The molecule has 0 aliphatic carbocycles. The molecular formula is C19H30N4O. The SMILES string of the molecule is CN(CCC(=O)N1CCNCC1)C1CCCN(c2ccccc2)C1. The number of rotatable bonds is 5. The van der Waals surface area contributed by atoms with E-state index in [0.717, 1.165) is 45.8 Å². The van der Waals surface area contributed by atoms with E-state index in [-0.39, 0.29) is 0 Å². The summed E-state index contributed by atoms with van der Waals surface area (Å²) in [5, 5.41) is 3.30. The summed E-state index contributed by atoms with van der Waals surface area (Å²) in [6.07, 6.45) is 3.08. The number of likely N-dealkylation sites (N-methyl/N-ethyl adjacent to an activating group) is 1. The second-order valence-corrected chi connectivity index (χ2v) is 6.94. The molecule has 2 fully saturated rings. The van der Waals surface area contributed by atoms with Gasteiger partial charge in [-0.15, -0.1) is 0 Å². The highest BCUT2D eigenvalue weighted by Crippen LogP contribution is 2.21. The van der Waals surface area contributed by atoms with Crippen LogP contribution in [0.25, 0.3) is 0 Å². The van der Waals surface area contributed by atoms with Crippen LogP contribution in [-0.4, -0.2) is 74.6 Å². The predicted octanol–water partition coefficient (Wildman–Crippen LogP) is 1.41. The molecule has 3 rings (SSSR count). The van der Waals surface area contributed by atoms with Crippen molar-refractivity contribution in [3.63, 3.8) is 0 Å². The third kappa shape index (κ3) is 4.48. The number of nitrogens with one attached hydrogen (secondary N) is 1. The lowest BCUT2D eigenvalue weighted by Gasteiger charge is -2.39. The number of piperidine rings is 1. The van der Waals surface area contributed by atoms with Crippen LogP contribution >= 0.6 is 0 Å². The highest BCUT2D eigenvalue weighted by atomic mass is 16.2. The maximum absolute atomic E-state index is 12.3. The fourth-order valence-corrected chi connectivity index (χ4v) is 3.71. The minimum atomic E-state index is 0.305. The van der Waals surface area contributed by atoms with Crippen molar-refractivity contribution >= 4 is 11.6 Å². The molecule has 1 unspecified atom stereocenters. The third-order valence-corrected chi connectivity index (χ3v) is 5.29. The van der Waals surface area contributed by atoms with Gasteiger partial charge in [0.15, 0.2) is 0 Å². The quantitative estimate of drug-likeness (QED) is 0.886. The molecule has 2 aliphatic rings. The molecule has 1 atom stereocenters. The molecule has 0 spiro atoms. The Morgan fingerprint density at radius 2 is 1.96 bits per heavy atom. The summed E-state index contributed by atoms with van der Waals surface area (Å²) in [4.78, 5) is 19.2. The van der Waals surface area contributed by atoms with Crippen LogP contribution in [0.2, 0.25) is 0 Å². The molecular weight excluding hydrogens is 300 g/mol. The first-order chi connectivity index (χ1) is 11.7. The van der Waals surface area contributed by atoms with Crippen LogP contribution in [0.3, 0.4) is 0 Å². The Balaban J connectivity index is 1.47. The first-order valence-corrected chi connectivity index (χ1v) is 9.23. The van der Waals surface area contributed by atoms with Crippen LogP contribution in [0.15, 0.2) is 30.3 Å². The fraction of sp³-hybridized carbons (Fsp3) is 0.632. The molecule has 0 radical (unpaired) electrons. The number of para-hydroxylation sites is 1. The number of hydrogen-bond acceptors (Lipinski definition) is 4. The van der Waals surface area contributed by atoms with E-state index in [1.54, 1.807) is 0 Å². The van der Waals surface area contributed by atoms with Crippen LogP contribution in [0, 0.1) is 0 Å². The number of hydrogen-bond donors (Lipinski definition) is 1. The van der Waals surface area contributed by atoms with Crippen LogP contribution < -0.4 is 10.2 Å². The molecule has 1 aromatic rings.